The molecule has 1 aromatic heterocycles. The van der Waals surface area contributed by atoms with Gasteiger partial charge in [-0.3, -0.25) is 14.2 Å². The van der Waals surface area contributed by atoms with Crippen molar-refractivity contribution in [3.63, 3.8) is 0 Å². The first-order valence-corrected chi connectivity index (χ1v) is 9.33. The van der Waals surface area contributed by atoms with E-state index in [0.717, 1.165) is 10.1 Å². The minimum Gasteiger partial charge on any atom is -0.457 e. The van der Waals surface area contributed by atoms with Crippen molar-refractivity contribution < 1.29 is 9.53 Å². The van der Waals surface area contributed by atoms with Crippen LogP contribution in [0.5, 0.6) is 11.5 Å². The Labute approximate surface area is 178 Å². The molecule has 0 atom stereocenters. The molecule has 0 fully saturated rings. The lowest BCUT2D eigenvalue weighted by Crippen LogP contribution is -2.37. The Kier molecular flexibility index (Phi) is 6.17. The third-order valence-electron chi connectivity index (χ3n) is 4.56. The van der Waals surface area contributed by atoms with Gasteiger partial charge in [0.1, 0.15) is 11.5 Å². The number of nitriles is 1. The summed E-state index contributed by atoms with van der Waals surface area (Å²) in [6.07, 6.45) is 3.99. The van der Waals surface area contributed by atoms with Gasteiger partial charge in [-0.1, -0.05) is 0 Å². The Bertz CT molecular complexity index is 1330. The van der Waals surface area contributed by atoms with Crippen LogP contribution >= 0.6 is 0 Å². The minimum absolute atomic E-state index is 0.225. The molecule has 0 aliphatic heterocycles. The fourth-order valence-corrected chi connectivity index (χ4v) is 2.86. The van der Waals surface area contributed by atoms with E-state index in [2.05, 4.69) is 5.32 Å². The van der Waals surface area contributed by atoms with Crippen molar-refractivity contribution in [1.29, 1.82) is 5.26 Å². The third-order valence-corrected chi connectivity index (χ3v) is 4.56. The second kappa shape index (κ2) is 8.97. The number of aryl methyl sites for hydroxylation is 2. The van der Waals surface area contributed by atoms with Crippen LogP contribution in [0, 0.1) is 18.3 Å². The molecule has 0 aliphatic carbocycles. The molecular weight excluding hydrogens is 396 g/mol. The average molecular weight is 416 g/mol. The molecule has 0 saturated heterocycles. The fourth-order valence-electron chi connectivity index (χ4n) is 2.86. The van der Waals surface area contributed by atoms with Crippen LogP contribution in [-0.2, 0) is 18.9 Å². The summed E-state index contributed by atoms with van der Waals surface area (Å²) < 4.78 is 8.02. The van der Waals surface area contributed by atoms with E-state index in [9.17, 15) is 14.4 Å². The average Bonchev–Trinajstić information content (AvgIpc) is 2.76. The van der Waals surface area contributed by atoms with Gasteiger partial charge in [-0.15, -0.1) is 0 Å². The van der Waals surface area contributed by atoms with Crippen molar-refractivity contribution in [2.45, 2.75) is 6.92 Å². The van der Waals surface area contributed by atoms with Crippen LogP contribution in [0.1, 0.15) is 16.7 Å². The van der Waals surface area contributed by atoms with Gasteiger partial charge < -0.3 is 14.6 Å². The van der Waals surface area contributed by atoms with Crippen LogP contribution in [0.2, 0.25) is 0 Å². The van der Waals surface area contributed by atoms with Gasteiger partial charge in [0.15, 0.2) is 0 Å². The Morgan fingerprint density at radius 3 is 2.42 bits per heavy atom. The monoisotopic (exact) mass is 416 g/mol. The lowest BCUT2D eigenvalue weighted by molar-refractivity contribution is -0.111. The van der Waals surface area contributed by atoms with Crippen molar-refractivity contribution in [3.05, 3.63) is 92.3 Å². The summed E-state index contributed by atoms with van der Waals surface area (Å²) in [5.41, 5.74) is 1.23. The van der Waals surface area contributed by atoms with E-state index < -0.39 is 17.2 Å². The van der Waals surface area contributed by atoms with E-state index in [0.29, 0.717) is 22.7 Å². The second-order valence-electron chi connectivity index (χ2n) is 6.88. The predicted octanol–water partition coefficient (Wildman–Crippen LogP) is 2.71. The third kappa shape index (κ3) is 4.97. The van der Waals surface area contributed by atoms with Gasteiger partial charge in [0.25, 0.3) is 5.56 Å². The number of amides is 1. The maximum absolute atomic E-state index is 12.3. The highest BCUT2D eigenvalue weighted by molar-refractivity contribution is 6.02. The molecule has 156 valence electrons. The lowest BCUT2D eigenvalue weighted by atomic mass is 10.2. The highest BCUT2D eigenvalue weighted by Gasteiger charge is 2.07. The highest BCUT2D eigenvalue weighted by Crippen LogP contribution is 2.26. The smallest absolute Gasteiger partial charge is 0.330 e. The lowest BCUT2D eigenvalue weighted by Gasteiger charge is -2.10. The molecule has 3 rings (SSSR count). The molecular formula is C23H20N4O4. The Morgan fingerprint density at radius 2 is 1.77 bits per heavy atom. The topological polar surface area (TPSA) is 106 Å². The molecule has 0 bridgehead atoms. The van der Waals surface area contributed by atoms with E-state index in [1.807, 2.05) is 13.0 Å². The van der Waals surface area contributed by atoms with Crippen molar-refractivity contribution in [2.75, 3.05) is 5.32 Å². The van der Waals surface area contributed by atoms with E-state index in [-0.39, 0.29) is 5.56 Å². The minimum atomic E-state index is -0.479. The zero-order valence-corrected chi connectivity index (χ0v) is 17.2. The van der Waals surface area contributed by atoms with Crippen molar-refractivity contribution in [1.82, 2.24) is 9.13 Å². The Balaban J connectivity index is 1.70. The first kappa shape index (κ1) is 21.3. The number of carbonyl (C=O) groups is 1. The number of nitrogens with one attached hydrogen (secondary N) is 1. The molecule has 3 aromatic rings. The zero-order valence-electron chi connectivity index (χ0n) is 17.2. The fraction of sp³-hybridized carbons (Fsp3) is 0.130. The zero-order chi connectivity index (χ0) is 22.5. The van der Waals surface area contributed by atoms with E-state index in [1.54, 1.807) is 42.5 Å². The van der Waals surface area contributed by atoms with Gasteiger partial charge in [0, 0.05) is 32.1 Å². The number of hydrogen-bond acceptors (Lipinski definition) is 5. The number of aromatic nitrogens is 2. The highest BCUT2D eigenvalue weighted by atomic mass is 16.5. The van der Waals surface area contributed by atoms with Gasteiger partial charge >= 0.3 is 5.69 Å². The van der Waals surface area contributed by atoms with Gasteiger partial charge in [-0.25, -0.2) is 4.79 Å². The number of benzene rings is 2. The largest absolute Gasteiger partial charge is 0.457 e. The molecule has 0 unspecified atom stereocenters. The molecule has 8 nitrogen and oxygen atoms in total. The molecule has 31 heavy (non-hydrogen) atoms. The summed E-state index contributed by atoms with van der Waals surface area (Å²) in [5.74, 6) is 0.765. The van der Waals surface area contributed by atoms with Crippen molar-refractivity contribution in [3.8, 4) is 17.6 Å². The predicted molar refractivity (Wildman–Crippen MR) is 117 cm³/mol. The summed E-state index contributed by atoms with van der Waals surface area (Å²) >= 11 is 0. The Hall–Kier alpha value is -4.38. The van der Waals surface area contributed by atoms with Crippen molar-refractivity contribution in [2.24, 2.45) is 14.1 Å². The summed E-state index contributed by atoms with van der Waals surface area (Å²) in [6.45, 7) is 1.83. The van der Waals surface area contributed by atoms with Gasteiger partial charge in [0.05, 0.1) is 17.2 Å². The SMILES string of the molecule is Cc1cc(Oc2ccc(C#N)cc2)ccc1NC(=O)/C=C/c1cn(C)c(=O)n(C)c1=O. The molecule has 1 N–H and O–H groups in total. The summed E-state index contributed by atoms with van der Waals surface area (Å²) in [4.78, 5) is 36.1. The molecule has 1 amide bonds. The van der Waals surface area contributed by atoms with Gasteiger partial charge in [0.2, 0.25) is 5.91 Å². The van der Waals surface area contributed by atoms with Crippen LogP contribution in [0.15, 0.2) is 64.3 Å². The maximum atomic E-state index is 12.3. The summed E-state index contributed by atoms with van der Waals surface area (Å²) in [5, 5.41) is 11.6. The van der Waals surface area contributed by atoms with Gasteiger partial charge in [-0.2, -0.15) is 5.26 Å². The first-order valence-electron chi connectivity index (χ1n) is 9.33. The quantitative estimate of drug-likeness (QED) is 0.644. The molecule has 1 heterocycles. The molecule has 0 spiro atoms. The van der Waals surface area contributed by atoms with Crippen LogP contribution < -0.4 is 21.3 Å². The Morgan fingerprint density at radius 1 is 1.10 bits per heavy atom. The van der Waals surface area contributed by atoms with E-state index in [4.69, 9.17) is 10.00 Å². The molecule has 2 aromatic carbocycles. The number of rotatable bonds is 5. The molecule has 0 saturated carbocycles. The first-order chi connectivity index (χ1) is 14.8. The molecule has 0 aliphatic rings. The molecule has 0 radical (unpaired) electrons. The number of carbonyl (C=O) groups excluding carboxylic acids is 1. The van der Waals surface area contributed by atoms with Crippen LogP contribution in [0.25, 0.3) is 6.08 Å². The van der Waals surface area contributed by atoms with E-state index >= 15 is 0 Å². The second-order valence-corrected chi connectivity index (χ2v) is 6.88. The molecule has 8 heteroatoms. The van der Waals surface area contributed by atoms with Crippen molar-refractivity contribution >= 4 is 17.7 Å². The van der Waals surface area contributed by atoms with E-state index in [1.165, 1.54) is 37.0 Å². The summed E-state index contributed by atoms with van der Waals surface area (Å²) in [7, 11) is 2.91. The van der Waals surface area contributed by atoms with Gasteiger partial charge in [-0.05, 0) is 61.0 Å². The number of anilines is 1. The summed E-state index contributed by atoms with van der Waals surface area (Å²) in [6, 6.07) is 14.0. The van der Waals surface area contributed by atoms with Crippen LogP contribution in [0.3, 0.4) is 0 Å². The maximum Gasteiger partial charge on any atom is 0.330 e. The standard InChI is InChI=1S/C23H20N4O4/c1-15-12-19(31-18-7-4-16(13-24)5-8-18)9-10-20(15)25-21(28)11-6-17-14-26(2)23(30)27(3)22(17)29/h4-12,14H,1-3H3,(H,25,28)/b11-6+. The van der Waals surface area contributed by atoms with Crippen LogP contribution in [0.4, 0.5) is 5.69 Å². The van der Waals surface area contributed by atoms with Crippen LogP contribution in [-0.4, -0.2) is 15.0 Å². The number of ether oxygens (including phenoxy) is 1. The number of nitrogens with zero attached hydrogens (tertiary/aromatic N) is 3. The normalized spacial score (nSPS) is 10.6. The number of hydrogen-bond donors (Lipinski definition) is 1.